The second-order valence-corrected chi connectivity index (χ2v) is 4.59. The van der Waals surface area contributed by atoms with Crippen LogP contribution in [0, 0.1) is 5.92 Å². The fourth-order valence-corrected chi connectivity index (χ4v) is 1.74. The van der Waals surface area contributed by atoms with E-state index in [0.29, 0.717) is 10.5 Å². The van der Waals surface area contributed by atoms with Crippen LogP contribution in [0.15, 0.2) is 12.7 Å². The molecule has 2 atom stereocenters. The number of esters is 1. The maximum absolute atomic E-state index is 11.1. The monoisotopic (exact) mass is 230 g/mol. The molecule has 0 aliphatic heterocycles. The number of hydrogen-bond donors (Lipinski definition) is 0. The molecule has 0 saturated carbocycles. The van der Waals surface area contributed by atoms with Crippen LogP contribution in [0.5, 0.6) is 0 Å². The molecule has 88 valence electrons. The second kappa shape index (κ2) is 6.08. The van der Waals surface area contributed by atoms with E-state index in [4.69, 9.17) is 9.16 Å². The van der Waals surface area contributed by atoms with Crippen LogP contribution in [0.4, 0.5) is 0 Å². The first-order valence-corrected chi connectivity index (χ1v) is 6.08. The Bertz CT molecular complexity index is 226. The number of ether oxygens (including phenoxy) is 1. The van der Waals surface area contributed by atoms with Crippen LogP contribution in [0.1, 0.15) is 34.1 Å². The molecule has 0 aliphatic rings. The van der Waals surface area contributed by atoms with E-state index in [9.17, 15) is 4.79 Å². The summed E-state index contributed by atoms with van der Waals surface area (Å²) in [6.45, 7) is 11.5. The molecule has 4 heteroatoms. The summed E-state index contributed by atoms with van der Waals surface area (Å²) in [4.78, 5) is 11.1. The zero-order valence-electron chi connectivity index (χ0n) is 10.4. The Morgan fingerprint density at radius 2 is 2.13 bits per heavy atom. The second-order valence-electron chi connectivity index (χ2n) is 4.18. The highest BCUT2D eigenvalue weighted by Gasteiger charge is 2.32. The quantitative estimate of drug-likeness (QED) is 0.391. The van der Waals surface area contributed by atoms with Crippen molar-refractivity contribution in [2.45, 2.75) is 45.8 Å². The average molecular weight is 230 g/mol. The maximum Gasteiger partial charge on any atom is 0.330 e. The molecule has 0 bridgehead atoms. The van der Waals surface area contributed by atoms with E-state index in [-0.39, 0.29) is 23.6 Å². The molecule has 0 saturated heterocycles. The van der Waals surface area contributed by atoms with Gasteiger partial charge in [-0.2, -0.15) is 0 Å². The van der Waals surface area contributed by atoms with Crippen LogP contribution in [0.2, 0.25) is 0 Å². The zero-order valence-corrected chi connectivity index (χ0v) is 12.4. The minimum absolute atomic E-state index is 0.112. The summed E-state index contributed by atoms with van der Waals surface area (Å²) in [6, 6.07) is 0. The van der Waals surface area contributed by atoms with Crippen LogP contribution in [0.25, 0.3) is 0 Å². The Morgan fingerprint density at radius 3 is 2.47 bits per heavy atom. The van der Waals surface area contributed by atoms with Gasteiger partial charge in [0.25, 0.3) is 0 Å². The number of carbonyl (C=O) groups is 1. The van der Waals surface area contributed by atoms with Crippen molar-refractivity contribution >= 4 is 16.5 Å². The van der Waals surface area contributed by atoms with Gasteiger partial charge in [-0.15, -0.1) is 0 Å². The minimum atomic E-state index is -0.363. The molecule has 0 fully saturated rings. The van der Waals surface area contributed by atoms with E-state index in [0.717, 1.165) is 6.42 Å². The van der Waals surface area contributed by atoms with Gasteiger partial charge in [0, 0.05) is 12.0 Å². The molecule has 0 heterocycles. The minimum Gasteiger partial charge on any atom is -0.459 e. The number of rotatable bonds is 6. The molecule has 0 aromatic heterocycles. The SMILES string of the molecule is C=CC(=O)OC(CC)C(C)C(C)(C)O[SiH3]. The first-order valence-electron chi connectivity index (χ1n) is 5.27. The van der Waals surface area contributed by atoms with Gasteiger partial charge in [-0.3, -0.25) is 0 Å². The number of carbonyl (C=O) groups excluding carboxylic acids is 1. The first-order chi connectivity index (χ1) is 6.88. The van der Waals surface area contributed by atoms with Crippen molar-refractivity contribution in [2.24, 2.45) is 5.92 Å². The zero-order chi connectivity index (χ0) is 12.1. The molecule has 0 aromatic carbocycles. The van der Waals surface area contributed by atoms with Crippen molar-refractivity contribution in [1.29, 1.82) is 0 Å². The Kier molecular flexibility index (Phi) is 5.83. The van der Waals surface area contributed by atoms with E-state index in [2.05, 4.69) is 6.58 Å². The fourth-order valence-electron chi connectivity index (χ4n) is 1.37. The van der Waals surface area contributed by atoms with Gasteiger partial charge in [-0.25, -0.2) is 4.79 Å². The number of hydrogen-bond acceptors (Lipinski definition) is 3. The van der Waals surface area contributed by atoms with Gasteiger partial charge in [-0.05, 0) is 20.3 Å². The molecule has 3 nitrogen and oxygen atoms in total. The predicted octanol–water partition coefficient (Wildman–Crippen LogP) is 1.21. The van der Waals surface area contributed by atoms with Crippen molar-refractivity contribution in [3.63, 3.8) is 0 Å². The normalized spacial score (nSPS) is 15.7. The third kappa shape index (κ3) is 4.18. The predicted molar refractivity (Wildman–Crippen MR) is 64.6 cm³/mol. The largest absolute Gasteiger partial charge is 0.459 e. The lowest BCUT2D eigenvalue weighted by molar-refractivity contribution is -0.149. The van der Waals surface area contributed by atoms with E-state index < -0.39 is 0 Å². The molecule has 0 radical (unpaired) electrons. The average Bonchev–Trinajstić information content (AvgIpc) is 2.24. The molecular formula is C11H22O3Si. The summed E-state index contributed by atoms with van der Waals surface area (Å²) in [5, 5.41) is 0. The highest BCUT2D eigenvalue weighted by atomic mass is 28.2. The summed E-state index contributed by atoms with van der Waals surface area (Å²) in [5.74, 6) is -0.193. The van der Waals surface area contributed by atoms with Crippen LogP contribution >= 0.6 is 0 Å². The van der Waals surface area contributed by atoms with E-state index in [1.54, 1.807) is 0 Å². The fraction of sp³-hybridized carbons (Fsp3) is 0.727. The molecule has 0 spiro atoms. The molecule has 15 heavy (non-hydrogen) atoms. The van der Waals surface area contributed by atoms with E-state index in [1.165, 1.54) is 6.08 Å². The molecule has 0 amide bonds. The summed E-state index contributed by atoms with van der Waals surface area (Å²) >= 11 is 0. The Hall–Kier alpha value is -0.613. The Morgan fingerprint density at radius 1 is 1.60 bits per heavy atom. The van der Waals surface area contributed by atoms with E-state index in [1.807, 2.05) is 27.7 Å². The van der Waals surface area contributed by atoms with Gasteiger partial charge >= 0.3 is 5.97 Å². The highest BCUT2D eigenvalue weighted by molar-refractivity contribution is 5.98. The van der Waals surface area contributed by atoms with Gasteiger partial charge in [0.1, 0.15) is 16.6 Å². The van der Waals surface area contributed by atoms with Crippen LogP contribution in [-0.2, 0) is 14.0 Å². The summed E-state index contributed by atoms with van der Waals surface area (Å²) in [6.07, 6.45) is 1.87. The van der Waals surface area contributed by atoms with Crippen molar-refractivity contribution in [2.75, 3.05) is 0 Å². The van der Waals surface area contributed by atoms with Gasteiger partial charge in [0.2, 0.25) is 0 Å². The molecule has 0 N–H and O–H groups in total. The van der Waals surface area contributed by atoms with Crippen LogP contribution < -0.4 is 0 Å². The highest BCUT2D eigenvalue weighted by Crippen LogP contribution is 2.26. The molecule has 2 unspecified atom stereocenters. The lowest BCUT2D eigenvalue weighted by Crippen LogP contribution is -2.41. The topological polar surface area (TPSA) is 35.5 Å². The Balaban J connectivity index is 4.53. The van der Waals surface area contributed by atoms with Gasteiger partial charge in [0.05, 0.1) is 5.60 Å². The standard InChI is InChI=1S/C11H22O3Si/c1-6-9(13-10(12)7-2)8(3)11(4,5)14-15/h7-9H,2,6H2,1,3-5,15H3. The van der Waals surface area contributed by atoms with Crippen LogP contribution in [0.3, 0.4) is 0 Å². The molecule has 0 aliphatic carbocycles. The maximum atomic E-state index is 11.1. The Labute approximate surface area is 95.4 Å². The molecular weight excluding hydrogens is 208 g/mol. The van der Waals surface area contributed by atoms with Crippen LogP contribution in [-0.4, -0.2) is 28.2 Å². The first kappa shape index (κ1) is 14.4. The third-order valence-electron chi connectivity index (χ3n) is 3.02. The van der Waals surface area contributed by atoms with Crippen molar-refractivity contribution in [3.05, 3.63) is 12.7 Å². The van der Waals surface area contributed by atoms with Crippen molar-refractivity contribution in [3.8, 4) is 0 Å². The summed E-state index contributed by atoms with van der Waals surface area (Å²) in [7, 11) is 0.683. The van der Waals surface area contributed by atoms with Gasteiger partial charge < -0.3 is 9.16 Å². The smallest absolute Gasteiger partial charge is 0.330 e. The molecule has 0 rings (SSSR count). The summed E-state index contributed by atoms with van der Waals surface area (Å²) in [5.41, 5.74) is -0.242. The van der Waals surface area contributed by atoms with E-state index >= 15 is 0 Å². The van der Waals surface area contributed by atoms with Crippen molar-refractivity contribution < 1.29 is 14.0 Å². The lowest BCUT2D eigenvalue weighted by Gasteiger charge is -2.35. The van der Waals surface area contributed by atoms with Crippen molar-refractivity contribution in [1.82, 2.24) is 0 Å². The van der Waals surface area contributed by atoms with Gasteiger partial charge in [0.15, 0.2) is 0 Å². The molecule has 0 aromatic rings. The lowest BCUT2D eigenvalue weighted by atomic mass is 9.87. The van der Waals surface area contributed by atoms with Gasteiger partial charge in [-0.1, -0.05) is 20.4 Å². The summed E-state index contributed by atoms with van der Waals surface area (Å²) < 4.78 is 10.8. The third-order valence-corrected chi connectivity index (χ3v) is 4.07.